The summed E-state index contributed by atoms with van der Waals surface area (Å²) in [5, 5.41) is 0. The Hall–Kier alpha value is -0.830. The van der Waals surface area contributed by atoms with E-state index in [2.05, 4.69) is 0 Å². The van der Waals surface area contributed by atoms with Crippen molar-refractivity contribution in [2.75, 3.05) is 18.8 Å². The second kappa shape index (κ2) is 2.59. The van der Waals surface area contributed by atoms with Crippen LogP contribution in [0.1, 0.15) is 0 Å². The van der Waals surface area contributed by atoms with Gasteiger partial charge < -0.3 is 4.18 Å². The van der Waals surface area contributed by atoms with Crippen molar-refractivity contribution in [3.8, 4) is 5.75 Å². The van der Waals surface area contributed by atoms with Gasteiger partial charge in [-0.15, -0.1) is 0 Å². The van der Waals surface area contributed by atoms with Crippen LogP contribution in [0, 0.1) is 0 Å². The van der Waals surface area contributed by atoms with Crippen molar-refractivity contribution in [1.82, 2.24) is 0 Å². The predicted molar refractivity (Wildman–Crippen MR) is 53.0 cm³/mol. The highest BCUT2D eigenvalue weighted by atomic mass is 32.3. The van der Waals surface area contributed by atoms with Crippen LogP contribution in [0.4, 0.5) is 0 Å². The van der Waals surface area contributed by atoms with Gasteiger partial charge in [0.05, 0.1) is 0 Å². The second-order valence-corrected chi connectivity index (χ2v) is 8.44. The summed E-state index contributed by atoms with van der Waals surface area (Å²) in [6.45, 7) is 0. The second-order valence-electron chi connectivity index (χ2n) is 3.69. The van der Waals surface area contributed by atoms with E-state index in [4.69, 9.17) is 4.18 Å². The first-order chi connectivity index (χ1) is 5.33. The first-order valence-electron chi connectivity index (χ1n) is 3.67. The largest absolute Gasteiger partial charge is 0.397 e. The van der Waals surface area contributed by atoms with Crippen LogP contribution in [-0.2, 0) is 9.35 Å². The van der Waals surface area contributed by atoms with Gasteiger partial charge in [0, 0.05) is 18.8 Å². The molecule has 0 aromatic heterocycles. The van der Waals surface area contributed by atoms with E-state index in [-0.39, 0.29) is 0 Å². The van der Waals surface area contributed by atoms with Crippen molar-refractivity contribution in [1.29, 1.82) is 0 Å². The molecule has 0 saturated carbocycles. The number of rotatable bonds is 2. The molecule has 0 amide bonds. The van der Waals surface area contributed by atoms with E-state index in [1.807, 2.05) is 18.2 Å². The number of hydrogen-bond acceptors (Lipinski definition) is 2. The highest BCUT2D eigenvalue weighted by molar-refractivity contribution is 8.14. The molecule has 0 aliphatic heterocycles. The Bertz CT molecular complexity index is 313. The first-order valence-corrected chi connectivity index (χ1v) is 6.79. The topological polar surface area (TPSA) is 26.3 Å². The molecule has 0 radical (unpaired) electrons. The fourth-order valence-corrected chi connectivity index (χ4v) is 1.57. The van der Waals surface area contributed by atoms with Crippen molar-refractivity contribution in [2.24, 2.45) is 0 Å². The maximum atomic E-state index is 11.7. The Morgan fingerprint density at radius 2 is 1.58 bits per heavy atom. The van der Waals surface area contributed by atoms with E-state index in [1.54, 1.807) is 30.9 Å². The molecular formula is C9H14O2S. The molecule has 0 saturated heterocycles. The summed E-state index contributed by atoms with van der Waals surface area (Å²) in [5.74, 6) is 0.655. The molecule has 1 aromatic carbocycles. The number of para-hydroxylation sites is 1. The molecule has 1 rings (SSSR count). The minimum absolute atomic E-state index is 0.655. The molecule has 0 atom stereocenters. The van der Waals surface area contributed by atoms with Gasteiger partial charge in [-0.3, -0.25) is 0 Å². The van der Waals surface area contributed by atoms with Crippen LogP contribution >= 0.6 is 0 Å². The van der Waals surface area contributed by atoms with Crippen LogP contribution in [0.3, 0.4) is 0 Å². The molecular weight excluding hydrogens is 172 g/mol. The third kappa shape index (κ3) is 3.53. The molecule has 0 spiro atoms. The highest BCUT2D eigenvalue weighted by Crippen LogP contribution is 2.20. The summed E-state index contributed by atoms with van der Waals surface area (Å²) in [4.78, 5) is 0. The van der Waals surface area contributed by atoms with Crippen molar-refractivity contribution >= 4 is 9.35 Å². The van der Waals surface area contributed by atoms with Gasteiger partial charge >= 0.3 is 0 Å². The standard InChI is InChI=1S/C9H14O2S/c1-12(2,3,10)11-9-7-5-4-6-8-9/h4-8H,1-3H3. The van der Waals surface area contributed by atoms with Crippen LogP contribution in [0.5, 0.6) is 5.75 Å². The maximum absolute atomic E-state index is 11.7. The third-order valence-electron chi connectivity index (χ3n) is 1.12. The van der Waals surface area contributed by atoms with Gasteiger partial charge in [0.1, 0.15) is 5.75 Å². The van der Waals surface area contributed by atoms with Crippen LogP contribution in [-0.4, -0.2) is 23.0 Å². The van der Waals surface area contributed by atoms with Gasteiger partial charge in [-0.05, 0) is 12.1 Å². The van der Waals surface area contributed by atoms with Gasteiger partial charge in [0.25, 0.3) is 0 Å². The normalized spacial score (nSPS) is 14.8. The van der Waals surface area contributed by atoms with Gasteiger partial charge in [-0.2, -0.15) is 13.6 Å². The van der Waals surface area contributed by atoms with Crippen LogP contribution in [0.2, 0.25) is 0 Å². The Morgan fingerprint density at radius 3 is 2.00 bits per heavy atom. The lowest BCUT2D eigenvalue weighted by atomic mass is 10.3. The fraction of sp³-hybridized carbons (Fsp3) is 0.333. The van der Waals surface area contributed by atoms with E-state index >= 15 is 0 Å². The maximum Gasteiger partial charge on any atom is 0.150 e. The lowest BCUT2D eigenvalue weighted by Crippen LogP contribution is -2.33. The van der Waals surface area contributed by atoms with Crippen molar-refractivity contribution in [3.63, 3.8) is 0 Å². The van der Waals surface area contributed by atoms with Crippen LogP contribution < -0.4 is 4.18 Å². The average molecular weight is 186 g/mol. The molecule has 0 aliphatic carbocycles. The first kappa shape index (κ1) is 9.26. The van der Waals surface area contributed by atoms with Crippen molar-refractivity contribution in [3.05, 3.63) is 30.3 Å². The average Bonchev–Trinajstić information content (AvgIpc) is 1.83. The smallest absolute Gasteiger partial charge is 0.150 e. The van der Waals surface area contributed by atoms with Gasteiger partial charge in [-0.25, -0.2) is 0 Å². The van der Waals surface area contributed by atoms with Crippen LogP contribution in [0.25, 0.3) is 0 Å². The van der Waals surface area contributed by atoms with E-state index < -0.39 is 9.35 Å². The molecule has 0 aliphatic rings. The molecule has 12 heavy (non-hydrogen) atoms. The fourth-order valence-electron chi connectivity index (χ4n) is 0.804. The summed E-state index contributed by atoms with van der Waals surface area (Å²) >= 11 is 0. The molecule has 0 unspecified atom stereocenters. The molecule has 68 valence electrons. The Morgan fingerprint density at radius 1 is 1.08 bits per heavy atom. The third-order valence-corrected chi connectivity index (χ3v) is 1.88. The highest BCUT2D eigenvalue weighted by Gasteiger charge is 2.11. The minimum Gasteiger partial charge on any atom is -0.397 e. The zero-order chi connectivity index (χ0) is 9.27. The van der Waals surface area contributed by atoms with E-state index in [0.717, 1.165) is 0 Å². The molecule has 3 heteroatoms. The summed E-state index contributed by atoms with van der Waals surface area (Å²) in [5.41, 5.74) is 0. The lowest BCUT2D eigenvalue weighted by molar-refractivity contribution is 0.535. The Balaban J connectivity index is 2.86. The zero-order valence-corrected chi connectivity index (χ0v) is 8.43. The van der Waals surface area contributed by atoms with Gasteiger partial charge in [0.15, 0.2) is 0 Å². The summed E-state index contributed by atoms with van der Waals surface area (Å²) in [6, 6.07) is 9.20. The summed E-state index contributed by atoms with van der Waals surface area (Å²) in [6.07, 6.45) is 4.85. The zero-order valence-electron chi connectivity index (χ0n) is 7.61. The van der Waals surface area contributed by atoms with Crippen LogP contribution in [0.15, 0.2) is 30.3 Å². The van der Waals surface area contributed by atoms with Gasteiger partial charge in [-0.1, -0.05) is 18.2 Å². The molecule has 0 bridgehead atoms. The van der Waals surface area contributed by atoms with Gasteiger partial charge in [0.2, 0.25) is 0 Å². The predicted octanol–water partition coefficient (Wildman–Crippen LogP) is 1.69. The van der Waals surface area contributed by atoms with E-state index in [0.29, 0.717) is 5.75 Å². The quantitative estimate of drug-likeness (QED) is 0.702. The molecule has 0 fully saturated rings. The van der Waals surface area contributed by atoms with Crippen molar-refractivity contribution in [2.45, 2.75) is 0 Å². The van der Waals surface area contributed by atoms with E-state index in [1.165, 1.54) is 0 Å². The van der Waals surface area contributed by atoms with Crippen molar-refractivity contribution < 1.29 is 8.39 Å². The summed E-state index contributed by atoms with van der Waals surface area (Å²) in [7, 11) is -2.87. The lowest BCUT2D eigenvalue weighted by Gasteiger charge is -2.35. The Labute approximate surface area is 73.2 Å². The molecule has 2 nitrogen and oxygen atoms in total. The monoisotopic (exact) mass is 186 g/mol. The SMILES string of the molecule is CS(C)(C)(=O)Oc1ccccc1. The minimum atomic E-state index is -2.87. The molecule has 1 aromatic rings. The van der Waals surface area contributed by atoms with E-state index in [9.17, 15) is 4.21 Å². The molecule has 0 heterocycles. The number of hydrogen-bond donors (Lipinski definition) is 0. The Kier molecular flexibility index (Phi) is 2.00. The summed E-state index contributed by atoms with van der Waals surface area (Å²) < 4.78 is 17.1. The number of benzene rings is 1. The molecule has 0 N–H and O–H groups in total.